The molecule has 1 fully saturated rings. The zero-order valence-corrected chi connectivity index (χ0v) is 33.8. The molecule has 2 heterocycles. The van der Waals surface area contributed by atoms with Crippen LogP contribution in [0.25, 0.3) is 22.3 Å². The lowest BCUT2D eigenvalue weighted by molar-refractivity contribution is -0.300. The van der Waals surface area contributed by atoms with Crippen LogP contribution in [0.5, 0.6) is 0 Å². The molecule has 2 atom stereocenters. The smallest absolute Gasteiger partial charge is 0.308 e. The van der Waals surface area contributed by atoms with Gasteiger partial charge in [-0.2, -0.15) is 8.42 Å². The predicted molar refractivity (Wildman–Crippen MR) is 210 cm³/mol. The Hall–Kier alpha value is -4.36. The van der Waals surface area contributed by atoms with Gasteiger partial charge in [-0.1, -0.05) is 66.7 Å². The van der Waals surface area contributed by atoms with Gasteiger partial charge in [0.25, 0.3) is 16.0 Å². The molecular weight excluding hydrogens is 724 g/mol. The number of carbonyl (C=O) groups is 2. The summed E-state index contributed by atoms with van der Waals surface area (Å²) in [6.45, 7) is 13.4. The van der Waals surface area contributed by atoms with Crippen LogP contribution in [-0.2, 0) is 52.9 Å². The molecule has 5 rings (SSSR count). The number of aromatic nitrogens is 1. The maximum absolute atomic E-state index is 14.5. The SMILES string of the molecule is CC(C)n1c(CCC2CC(CC(=O)OC(C)(C)C)OC(C)(C)O2)c(-c2ccc(F)cc2)c(-c2ccccc2)c1C(=O)NCc1ccc(COS(C)(=O)=O)cc1. The summed E-state index contributed by atoms with van der Waals surface area (Å²) in [5.74, 6) is -1.92. The first-order chi connectivity index (χ1) is 25.8. The second-order valence-corrected chi connectivity index (χ2v) is 17.4. The topological polar surface area (TPSA) is 122 Å². The third kappa shape index (κ3) is 11.6. The van der Waals surface area contributed by atoms with Gasteiger partial charge in [-0.25, -0.2) is 4.39 Å². The molecule has 1 aliphatic heterocycles. The van der Waals surface area contributed by atoms with Gasteiger partial charge in [-0.15, -0.1) is 0 Å². The molecule has 2 unspecified atom stereocenters. The minimum atomic E-state index is -3.58. The van der Waals surface area contributed by atoms with Crippen molar-refractivity contribution >= 4 is 22.0 Å². The molecular formula is C43H53FN2O8S. The number of hydrogen-bond donors (Lipinski definition) is 1. The van der Waals surface area contributed by atoms with Gasteiger partial charge < -0.3 is 24.1 Å². The maximum atomic E-state index is 14.5. The summed E-state index contributed by atoms with van der Waals surface area (Å²) >= 11 is 0. The summed E-state index contributed by atoms with van der Waals surface area (Å²) in [6.07, 6.45) is 1.99. The van der Waals surface area contributed by atoms with Crippen LogP contribution in [0.4, 0.5) is 4.39 Å². The van der Waals surface area contributed by atoms with Gasteiger partial charge in [0.15, 0.2) is 5.79 Å². The molecule has 0 aliphatic carbocycles. The number of nitrogens with one attached hydrogen (secondary N) is 1. The lowest BCUT2D eigenvalue weighted by Gasteiger charge is -2.41. The summed E-state index contributed by atoms with van der Waals surface area (Å²) in [5, 5.41) is 3.12. The zero-order valence-electron chi connectivity index (χ0n) is 33.0. The highest BCUT2D eigenvalue weighted by atomic mass is 32.2. The highest BCUT2D eigenvalue weighted by Crippen LogP contribution is 2.43. The van der Waals surface area contributed by atoms with Crippen molar-refractivity contribution in [3.05, 3.63) is 107 Å². The fraction of sp³-hybridized carbons (Fsp3) is 0.442. The minimum Gasteiger partial charge on any atom is -0.460 e. The maximum Gasteiger partial charge on any atom is 0.308 e. The van der Waals surface area contributed by atoms with Gasteiger partial charge in [0.05, 0.1) is 31.5 Å². The van der Waals surface area contributed by atoms with Crippen molar-refractivity contribution in [1.82, 2.24) is 9.88 Å². The van der Waals surface area contributed by atoms with E-state index in [2.05, 4.69) is 9.88 Å². The molecule has 3 aromatic carbocycles. The molecule has 1 N–H and O–H groups in total. The van der Waals surface area contributed by atoms with Crippen LogP contribution in [0.2, 0.25) is 0 Å². The fourth-order valence-electron chi connectivity index (χ4n) is 7.07. The second kappa shape index (κ2) is 17.2. The molecule has 1 amide bonds. The van der Waals surface area contributed by atoms with Crippen molar-refractivity contribution in [2.24, 2.45) is 0 Å². The van der Waals surface area contributed by atoms with Crippen LogP contribution >= 0.6 is 0 Å². The average molecular weight is 777 g/mol. The third-order valence-corrected chi connectivity index (χ3v) is 9.64. The average Bonchev–Trinajstić information content (AvgIpc) is 3.43. The summed E-state index contributed by atoms with van der Waals surface area (Å²) in [4.78, 5) is 27.3. The Morgan fingerprint density at radius 3 is 2.11 bits per heavy atom. The standard InChI is InChI=1S/C43H53FN2O8S/c1-28(2)46-36(23-22-34-24-35(53-43(6,7)52-34)25-37(47)54-42(3,4)5)38(32-18-20-33(44)21-19-32)39(31-12-10-9-11-13-31)40(46)41(48)45-26-29-14-16-30(17-15-29)27-51-55(8,49)50/h9-21,28,34-35H,22-27H2,1-8H3,(H,45,48). The van der Waals surface area contributed by atoms with Crippen molar-refractivity contribution in [3.8, 4) is 22.3 Å². The molecule has 1 aliphatic rings. The molecule has 296 valence electrons. The number of hydrogen-bond acceptors (Lipinski definition) is 8. The van der Waals surface area contributed by atoms with Crippen molar-refractivity contribution in [1.29, 1.82) is 0 Å². The summed E-state index contributed by atoms with van der Waals surface area (Å²) in [6, 6.07) is 23.1. The molecule has 55 heavy (non-hydrogen) atoms. The first-order valence-electron chi connectivity index (χ1n) is 18.6. The first-order valence-corrected chi connectivity index (χ1v) is 20.5. The van der Waals surface area contributed by atoms with E-state index in [-0.39, 0.29) is 49.4 Å². The van der Waals surface area contributed by atoms with E-state index >= 15 is 0 Å². The number of ether oxygens (including phenoxy) is 3. The Morgan fingerprint density at radius 2 is 1.51 bits per heavy atom. The van der Waals surface area contributed by atoms with E-state index in [1.165, 1.54) is 12.1 Å². The number of rotatable bonds is 14. The summed E-state index contributed by atoms with van der Waals surface area (Å²) in [7, 11) is -3.58. The van der Waals surface area contributed by atoms with Crippen LogP contribution in [0, 0.1) is 5.82 Å². The monoisotopic (exact) mass is 776 g/mol. The number of benzene rings is 3. The Bertz CT molecular complexity index is 2050. The fourth-order valence-corrected chi connectivity index (χ4v) is 7.42. The van der Waals surface area contributed by atoms with Gasteiger partial charge in [0, 0.05) is 35.8 Å². The third-order valence-electron chi connectivity index (χ3n) is 9.09. The molecule has 1 saturated heterocycles. The normalized spacial score (nSPS) is 17.3. The lowest BCUT2D eigenvalue weighted by Crippen LogP contribution is -2.45. The molecule has 12 heteroatoms. The van der Waals surface area contributed by atoms with Crippen molar-refractivity contribution in [3.63, 3.8) is 0 Å². The molecule has 0 spiro atoms. The van der Waals surface area contributed by atoms with Gasteiger partial charge in [0.1, 0.15) is 17.1 Å². The Kier molecular flexibility index (Phi) is 13.1. The van der Waals surface area contributed by atoms with Crippen LogP contribution < -0.4 is 5.32 Å². The predicted octanol–water partition coefficient (Wildman–Crippen LogP) is 8.52. The van der Waals surface area contributed by atoms with E-state index < -0.39 is 27.6 Å². The lowest BCUT2D eigenvalue weighted by atomic mass is 9.92. The highest BCUT2D eigenvalue weighted by Gasteiger charge is 2.38. The number of nitrogens with zero attached hydrogens (tertiary/aromatic N) is 1. The van der Waals surface area contributed by atoms with Crippen molar-refractivity contribution in [2.75, 3.05) is 6.26 Å². The quantitative estimate of drug-likeness (QED) is 0.1000. The van der Waals surface area contributed by atoms with E-state index in [0.29, 0.717) is 30.5 Å². The molecule has 4 aromatic rings. The Morgan fingerprint density at radius 1 is 0.909 bits per heavy atom. The molecule has 0 saturated carbocycles. The second-order valence-electron chi connectivity index (χ2n) is 15.8. The molecule has 0 bridgehead atoms. The van der Waals surface area contributed by atoms with Gasteiger partial charge in [-0.3, -0.25) is 13.8 Å². The van der Waals surface area contributed by atoms with E-state index in [0.717, 1.165) is 39.8 Å². The molecule has 10 nitrogen and oxygen atoms in total. The molecule has 0 radical (unpaired) electrons. The van der Waals surface area contributed by atoms with E-state index in [9.17, 15) is 22.4 Å². The number of esters is 1. The van der Waals surface area contributed by atoms with Crippen molar-refractivity contribution < 1.29 is 40.8 Å². The first kappa shape index (κ1) is 41.8. The minimum absolute atomic E-state index is 0.0798. The number of halogens is 1. The Balaban J connectivity index is 1.52. The summed E-state index contributed by atoms with van der Waals surface area (Å²) < 4.78 is 62.4. The van der Waals surface area contributed by atoms with E-state index in [1.807, 2.05) is 90.9 Å². The van der Waals surface area contributed by atoms with E-state index in [4.69, 9.17) is 18.4 Å². The van der Waals surface area contributed by atoms with Gasteiger partial charge >= 0.3 is 5.97 Å². The van der Waals surface area contributed by atoms with Crippen LogP contribution in [0.15, 0.2) is 78.9 Å². The van der Waals surface area contributed by atoms with Crippen molar-refractivity contribution in [2.45, 2.75) is 117 Å². The van der Waals surface area contributed by atoms with Gasteiger partial charge in [0.2, 0.25) is 0 Å². The zero-order chi connectivity index (χ0) is 40.1. The number of carbonyl (C=O) groups excluding carboxylic acids is 2. The van der Waals surface area contributed by atoms with E-state index in [1.54, 1.807) is 24.3 Å². The summed E-state index contributed by atoms with van der Waals surface area (Å²) in [5.41, 5.74) is 5.44. The largest absolute Gasteiger partial charge is 0.460 e. The number of amides is 1. The molecule has 1 aromatic heterocycles. The Labute approximate surface area is 324 Å². The van der Waals surface area contributed by atoms with Crippen LogP contribution in [0.1, 0.15) is 101 Å². The van der Waals surface area contributed by atoms with Crippen LogP contribution in [0.3, 0.4) is 0 Å². The van der Waals surface area contributed by atoms with Crippen LogP contribution in [-0.4, -0.2) is 54.7 Å². The van der Waals surface area contributed by atoms with Gasteiger partial charge in [-0.05, 0) is 95.7 Å². The highest BCUT2D eigenvalue weighted by molar-refractivity contribution is 7.85.